The molecule has 0 saturated heterocycles. The largest absolute Gasteiger partial charge is 0.481 e. The van der Waals surface area contributed by atoms with Gasteiger partial charge in [-0.25, -0.2) is 0 Å². The maximum atomic E-state index is 12.2. The highest BCUT2D eigenvalue weighted by Gasteiger charge is 2.19. The van der Waals surface area contributed by atoms with Crippen LogP contribution in [0.4, 0.5) is 0 Å². The third kappa shape index (κ3) is 2.49. The number of ketones is 1. The van der Waals surface area contributed by atoms with Gasteiger partial charge in [-0.05, 0) is 25.1 Å². The Morgan fingerprint density at radius 1 is 1.32 bits per heavy atom. The van der Waals surface area contributed by atoms with E-state index in [0.717, 1.165) is 16.6 Å². The van der Waals surface area contributed by atoms with Crippen LogP contribution in [0.25, 0.3) is 10.9 Å². The summed E-state index contributed by atoms with van der Waals surface area (Å²) in [7, 11) is 1.87. The minimum atomic E-state index is -0.968. The molecule has 100 valence electrons. The van der Waals surface area contributed by atoms with E-state index in [1.807, 2.05) is 24.6 Å². The van der Waals surface area contributed by atoms with Gasteiger partial charge in [-0.1, -0.05) is 11.6 Å². The van der Waals surface area contributed by atoms with E-state index < -0.39 is 5.97 Å². The van der Waals surface area contributed by atoms with Crippen LogP contribution in [-0.2, 0) is 11.8 Å². The van der Waals surface area contributed by atoms with Crippen molar-refractivity contribution in [2.45, 2.75) is 19.8 Å². The number of Topliss-reactive ketones (excluding diaryl/α,β-unsaturated/α-hetero) is 1. The van der Waals surface area contributed by atoms with Crippen molar-refractivity contribution < 1.29 is 14.7 Å². The number of benzene rings is 1. The average molecular weight is 280 g/mol. The summed E-state index contributed by atoms with van der Waals surface area (Å²) >= 11 is 5.97. The van der Waals surface area contributed by atoms with E-state index >= 15 is 0 Å². The monoisotopic (exact) mass is 279 g/mol. The molecule has 2 rings (SSSR count). The lowest BCUT2D eigenvalue weighted by atomic mass is 10.0. The molecule has 1 aromatic heterocycles. The zero-order valence-electron chi connectivity index (χ0n) is 10.7. The number of carboxylic acids is 1. The highest BCUT2D eigenvalue weighted by atomic mass is 35.5. The van der Waals surface area contributed by atoms with E-state index in [9.17, 15) is 9.59 Å². The molecule has 1 heterocycles. The Kier molecular flexibility index (Phi) is 3.62. The van der Waals surface area contributed by atoms with Crippen LogP contribution >= 0.6 is 11.6 Å². The van der Waals surface area contributed by atoms with Gasteiger partial charge in [0.15, 0.2) is 5.78 Å². The minimum Gasteiger partial charge on any atom is -0.481 e. The number of aliphatic carboxylic acids is 1. The van der Waals surface area contributed by atoms with Crippen molar-refractivity contribution in [2.24, 2.45) is 7.05 Å². The number of halogens is 1. The van der Waals surface area contributed by atoms with Gasteiger partial charge in [0, 0.05) is 40.7 Å². The summed E-state index contributed by atoms with van der Waals surface area (Å²) in [6.07, 6.45) is -0.156. The highest BCUT2D eigenvalue weighted by molar-refractivity contribution is 6.31. The normalized spacial score (nSPS) is 10.9. The van der Waals surface area contributed by atoms with Crippen LogP contribution in [0.3, 0.4) is 0 Å². The van der Waals surface area contributed by atoms with E-state index in [2.05, 4.69) is 0 Å². The third-order valence-corrected chi connectivity index (χ3v) is 3.53. The molecule has 0 radical (unpaired) electrons. The van der Waals surface area contributed by atoms with Gasteiger partial charge in [-0.15, -0.1) is 0 Å². The predicted molar refractivity (Wildman–Crippen MR) is 73.9 cm³/mol. The molecule has 0 unspecified atom stereocenters. The number of carbonyl (C=O) groups excluding carboxylic acids is 1. The molecular formula is C14H14ClNO3. The Hall–Kier alpha value is -1.81. The van der Waals surface area contributed by atoms with Crippen molar-refractivity contribution in [1.82, 2.24) is 4.57 Å². The maximum absolute atomic E-state index is 12.2. The second-order valence-corrected chi connectivity index (χ2v) is 4.93. The standard InChI is InChI=1S/C14H14ClNO3/c1-8-14(12(17)5-6-13(18)19)10-7-9(15)3-4-11(10)16(8)2/h3-4,7H,5-6H2,1-2H3,(H,18,19). The van der Waals surface area contributed by atoms with Gasteiger partial charge in [0.25, 0.3) is 0 Å². The lowest BCUT2D eigenvalue weighted by molar-refractivity contribution is -0.136. The predicted octanol–water partition coefficient (Wildman–Crippen LogP) is 3.19. The van der Waals surface area contributed by atoms with Crippen molar-refractivity contribution >= 4 is 34.3 Å². The van der Waals surface area contributed by atoms with E-state index in [-0.39, 0.29) is 18.6 Å². The molecule has 0 atom stereocenters. The molecule has 2 aromatic rings. The second-order valence-electron chi connectivity index (χ2n) is 4.50. The molecule has 0 aliphatic carbocycles. The van der Waals surface area contributed by atoms with Crippen LogP contribution < -0.4 is 0 Å². The summed E-state index contributed by atoms with van der Waals surface area (Å²) in [6, 6.07) is 5.38. The second kappa shape index (κ2) is 5.05. The van der Waals surface area contributed by atoms with Crippen LogP contribution in [0.5, 0.6) is 0 Å². The molecule has 1 aromatic carbocycles. The molecule has 0 aliphatic heterocycles. The molecule has 0 amide bonds. The Balaban J connectivity index is 2.53. The van der Waals surface area contributed by atoms with Gasteiger partial charge in [-0.2, -0.15) is 0 Å². The van der Waals surface area contributed by atoms with E-state index in [4.69, 9.17) is 16.7 Å². The molecule has 19 heavy (non-hydrogen) atoms. The maximum Gasteiger partial charge on any atom is 0.303 e. The van der Waals surface area contributed by atoms with Gasteiger partial charge in [0.1, 0.15) is 0 Å². The Morgan fingerprint density at radius 2 is 2.00 bits per heavy atom. The molecule has 0 aliphatic rings. The van der Waals surface area contributed by atoms with Crippen molar-refractivity contribution in [1.29, 1.82) is 0 Å². The fraction of sp³-hybridized carbons (Fsp3) is 0.286. The Morgan fingerprint density at radius 3 is 2.63 bits per heavy atom. The number of hydrogen-bond acceptors (Lipinski definition) is 2. The number of fused-ring (bicyclic) bond motifs is 1. The zero-order chi connectivity index (χ0) is 14.2. The van der Waals surface area contributed by atoms with Crippen molar-refractivity contribution in [3.63, 3.8) is 0 Å². The molecule has 0 spiro atoms. The van der Waals surface area contributed by atoms with Gasteiger partial charge < -0.3 is 9.67 Å². The Bertz CT molecular complexity index is 673. The number of nitrogens with zero attached hydrogens (tertiary/aromatic N) is 1. The van der Waals surface area contributed by atoms with Crippen LogP contribution in [-0.4, -0.2) is 21.4 Å². The molecule has 0 fully saturated rings. The molecule has 5 heteroatoms. The summed E-state index contributed by atoms with van der Waals surface area (Å²) in [5.41, 5.74) is 2.31. The fourth-order valence-corrected chi connectivity index (χ4v) is 2.41. The number of carboxylic acid groups (broad SMARTS) is 1. The van der Waals surface area contributed by atoms with Crippen molar-refractivity contribution in [3.05, 3.63) is 34.5 Å². The molecule has 4 nitrogen and oxygen atoms in total. The summed E-state index contributed by atoms with van der Waals surface area (Å²) in [6.45, 7) is 1.85. The van der Waals surface area contributed by atoms with Crippen LogP contribution in [0.15, 0.2) is 18.2 Å². The number of rotatable bonds is 4. The summed E-state index contributed by atoms with van der Waals surface area (Å²) in [5.74, 6) is -1.13. The highest BCUT2D eigenvalue weighted by Crippen LogP contribution is 2.28. The number of carbonyl (C=O) groups is 2. The SMILES string of the molecule is Cc1c(C(=O)CCC(=O)O)c2cc(Cl)ccc2n1C. The number of hydrogen-bond donors (Lipinski definition) is 1. The summed E-state index contributed by atoms with van der Waals surface area (Å²) in [5, 5.41) is 10.0. The fourth-order valence-electron chi connectivity index (χ4n) is 2.24. The first-order chi connectivity index (χ1) is 8.91. The quantitative estimate of drug-likeness (QED) is 0.875. The van der Waals surface area contributed by atoms with E-state index in [1.54, 1.807) is 12.1 Å². The Labute approximate surface area is 115 Å². The van der Waals surface area contributed by atoms with Crippen LogP contribution in [0.1, 0.15) is 28.9 Å². The first-order valence-electron chi connectivity index (χ1n) is 5.91. The molecule has 0 saturated carbocycles. The minimum absolute atomic E-state index is 0.00179. The van der Waals surface area contributed by atoms with Crippen molar-refractivity contribution in [3.8, 4) is 0 Å². The molecule has 1 N–H and O–H groups in total. The topological polar surface area (TPSA) is 59.3 Å². The van der Waals surface area contributed by atoms with Gasteiger partial charge in [-0.3, -0.25) is 9.59 Å². The van der Waals surface area contributed by atoms with E-state index in [1.165, 1.54) is 0 Å². The average Bonchev–Trinajstić information content (AvgIpc) is 2.59. The molecule has 0 bridgehead atoms. The van der Waals surface area contributed by atoms with Crippen molar-refractivity contribution in [2.75, 3.05) is 0 Å². The lowest BCUT2D eigenvalue weighted by Gasteiger charge is -2.00. The summed E-state index contributed by atoms with van der Waals surface area (Å²) < 4.78 is 1.92. The van der Waals surface area contributed by atoms with Crippen LogP contribution in [0.2, 0.25) is 5.02 Å². The number of aryl methyl sites for hydroxylation is 1. The zero-order valence-corrected chi connectivity index (χ0v) is 11.5. The van der Waals surface area contributed by atoms with Crippen LogP contribution in [0, 0.1) is 6.92 Å². The first kappa shape index (κ1) is 13.6. The van der Waals surface area contributed by atoms with E-state index in [0.29, 0.717) is 10.6 Å². The lowest BCUT2D eigenvalue weighted by Crippen LogP contribution is -2.05. The smallest absolute Gasteiger partial charge is 0.303 e. The first-order valence-corrected chi connectivity index (χ1v) is 6.29. The number of aromatic nitrogens is 1. The van der Waals surface area contributed by atoms with Gasteiger partial charge >= 0.3 is 5.97 Å². The van der Waals surface area contributed by atoms with Gasteiger partial charge in [0.2, 0.25) is 0 Å². The van der Waals surface area contributed by atoms with Gasteiger partial charge in [0.05, 0.1) is 6.42 Å². The molecular weight excluding hydrogens is 266 g/mol. The summed E-state index contributed by atoms with van der Waals surface area (Å²) in [4.78, 5) is 22.8. The third-order valence-electron chi connectivity index (χ3n) is 3.30.